The van der Waals surface area contributed by atoms with Gasteiger partial charge in [-0.1, -0.05) is 0 Å². The number of piperazine rings is 1. The van der Waals surface area contributed by atoms with E-state index in [1.807, 2.05) is 0 Å². The van der Waals surface area contributed by atoms with Crippen LogP contribution in [0, 0.1) is 0 Å². The third-order valence-corrected chi connectivity index (χ3v) is 3.67. The number of carbonyl (C=O) groups is 3. The third kappa shape index (κ3) is 4.07. The lowest BCUT2D eigenvalue weighted by Crippen LogP contribution is -2.65. The van der Waals surface area contributed by atoms with Gasteiger partial charge >= 0.3 is 12.0 Å². The molecule has 0 aromatic rings. The SMILES string of the molecule is COC(CNC(=O)N1CCN(C)C(=O)C1(C)C)CC(=O)O. The lowest BCUT2D eigenvalue weighted by atomic mass is 9.98. The van der Waals surface area contributed by atoms with Crippen molar-refractivity contribution in [2.45, 2.75) is 31.9 Å². The van der Waals surface area contributed by atoms with Crippen LogP contribution in [0.25, 0.3) is 0 Å². The van der Waals surface area contributed by atoms with Gasteiger partial charge in [0.05, 0.1) is 12.5 Å². The molecule has 0 spiro atoms. The molecule has 0 aromatic carbocycles. The Bertz CT molecular complexity index is 424. The smallest absolute Gasteiger partial charge is 0.318 e. The molecule has 1 atom stereocenters. The van der Waals surface area contributed by atoms with Crippen molar-refractivity contribution in [2.24, 2.45) is 0 Å². The molecular formula is C13H23N3O5. The van der Waals surface area contributed by atoms with Crippen LogP contribution in [-0.2, 0) is 14.3 Å². The minimum Gasteiger partial charge on any atom is -0.481 e. The van der Waals surface area contributed by atoms with Crippen LogP contribution >= 0.6 is 0 Å². The minimum absolute atomic E-state index is 0.0816. The Kier molecular flexibility index (Phi) is 5.54. The van der Waals surface area contributed by atoms with E-state index in [2.05, 4.69) is 5.32 Å². The van der Waals surface area contributed by atoms with Gasteiger partial charge in [0.2, 0.25) is 5.91 Å². The van der Waals surface area contributed by atoms with Crippen molar-refractivity contribution in [3.05, 3.63) is 0 Å². The largest absolute Gasteiger partial charge is 0.481 e. The van der Waals surface area contributed by atoms with Crippen LogP contribution in [0.5, 0.6) is 0 Å². The van der Waals surface area contributed by atoms with Crippen molar-refractivity contribution in [1.29, 1.82) is 0 Å². The highest BCUT2D eigenvalue weighted by molar-refractivity contribution is 5.91. The van der Waals surface area contributed by atoms with Crippen molar-refractivity contribution in [2.75, 3.05) is 33.8 Å². The summed E-state index contributed by atoms with van der Waals surface area (Å²) in [6.45, 7) is 4.36. The van der Waals surface area contributed by atoms with Crippen LogP contribution in [0.2, 0.25) is 0 Å². The Hall–Kier alpha value is -1.83. The van der Waals surface area contributed by atoms with Gasteiger partial charge in [-0.3, -0.25) is 9.59 Å². The van der Waals surface area contributed by atoms with Crippen LogP contribution in [-0.4, -0.2) is 78.2 Å². The molecule has 0 bridgehead atoms. The maximum atomic E-state index is 12.2. The predicted molar refractivity (Wildman–Crippen MR) is 74.9 cm³/mol. The number of nitrogens with zero attached hydrogens (tertiary/aromatic N) is 2. The second-order valence-electron chi connectivity index (χ2n) is 5.58. The molecule has 1 saturated heterocycles. The second-order valence-corrected chi connectivity index (χ2v) is 5.58. The summed E-state index contributed by atoms with van der Waals surface area (Å²) in [5.74, 6) is -1.12. The maximum Gasteiger partial charge on any atom is 0.318 e. The molecule has 1 unspecified atom stereocenters. The van der Waals surface area contributed by atoms with E-state index in [4.69, 9.17) is 9.84 Å². The fraction of sp³-hybridized carbons (Fsp3) is 0.769. The van der Waals surface area contributed by atoms with E-state index in [-0.39, 0.29) is 18.9 Å². The molecule has 0 aromatic heterocycles. The van der Waals surface area contributed by atoms with E-state index in [9.17, 15) is 14.4 Å². The quantitative estimate of drug-likeness (QED) is 0.729. The number of carboxylic acids is 1. The molecule has 8 heteroatoms. The number of likely N-dealkylation sites (N-methyl/N-ethyl adjacent to an activating group) is 1. The first-order chi connectivity index (χ1) is 9.70. The van der Waals surface area contributed by atoms with Gasteiger partial charge in [0.15, 0.2) is 0 Å². The molecule has 1 aliphatic heterocycles. The van der Waals surface area contributed by atoms with E-state index < -0.39 is 23.6 Å². The number of carboxylic acid groups (broad SMARTS) is 1. The van der Waals surface area contributed by atoms with E-state index in [0.717, 1.165) is 0 Å². The Labute approximate surface area is 124 Å². The zero-order chi connectivity index (χ0) is 16.2. The molecule has 120 valence electrons. The van der Waals surface area contributed by atoms with Crippen molar-refractivity contribution < 1.29 is 24.2 Å². The van der Waals surface area contributed by atoms with Crippen molar-refractivity contribution >= 4 is 17.9 Å². The number of urea groups is 1. The van der Waals surface area contributed by atoms with Gasteiger partial charge in [0.25, 0.3) is 0 Å². The number of amides is 3. The Morgan fingerprint density at radius 2 is 2.05 bits per heavy atom. The first-order valence-corrected chi connectivity index (χ1v) is 6.75. The van der Waals surface area contributed by atoms with Gasteiger partial charge in [-0.15, -0.1) is 0 Å². The lowest BCUT2D eigenvalue weighted by Gasteiger charge is -2.44. The number of hydrogen-bond acceptors (Lipinski definition) is 4. The zero-order valence-corrected chi connectivity index (χ0v) is 12.9. The highest BCUT2D eigenvalue weighted by atomic mass is 16.5. The molecule has 8 nitrogen and oxygen atoms in total. The highest BCUT2D eigenvalue weighted by Gasteiger charge is 2.43. The average molecular weight is 301 g/mol. The molecule has 2 N–H and O–H groups in total. The lowest BCUT2D eigenvalue weighted by molar-refractivity contribution is -0.144. The van der Waals surface area contributed by atoms with Gasteiger partial charge in [-0.2, -0.15) is 0 Å². The average Bonchev–Trinajstić information content (AvgIpc) is 2.40. The molecule has 1 fully saturated rings. The number of nitrogens with one attached hydrogen (secondary N) is 1. The van der Waals surface area contributed by atoms with Gasteiger partial charge in [0, 0.05) is 33.8 Å². The predicted octanol–water partition coefficient (Wildman–Crippen LogP) is -0.262. The number of carbonyl (C=O) groups excluding carboxylic acids is 2. The van der Waals surface area contributed by atoms with E-state index >= 15 is 0 Å². The molecule has 1 rings (SSSR count). The van der Waals surface area contributed by atoms with Crippen molar-refractivity contribution in [3.8, 4) is 0 Å². The minimum atomic E-state index is -0.994. The molecule has 1 heterocycles. The summed E-state index contributed by atoms with van der Waals surface area (Å²) < 4.78 is 5.00. The standard InChI is InChI=1S/C13H23N3O5/c1-13(2)11(19)15(3)5-6-16(13)12(20)14-8-9(21-4)7-10(17)18/h9H,5-8H2,1-4H3,(H,14,20)(H,17,18). The Balaban J connectivity index is 2.62. The summed E-state index contributed by atoms with van der Waals surface area (Å²) in [6, 6.07) is -0.395. The van der Waals surface area contributed by atoms with Crippen molar-refractivity contribution in [3.63, 3.8) is 0 Å². The number of aliphatic carboxylic acids is 1. The van der Waals surface area contributed by atoms with Crippen LogP contribution in [0.3, 0.4) is 0 Å². The van der Waals surface area contributed by atoms with E-state index in [1.54, 1.807) is 25.8 Å². The van der Waals surface area contributed by atoms with Crippen LogP contribution in [0.15, 0.2) is 0 Å². The first kappa shape index (κ1) is 17.2. The second kappa shape index (κ2) is 6.75. The summed E-state index contributed by atoms with van der Waals surface area (Å²) in [6.07, 6.45) is -0.792. The summed E-state index contributed by atoms with van der Waals surface area (Å²) in [7, 11) is 3.09. The highest BCUT2D eigenvalue weighted by Crippen LogP contribution is 2.21. The molecule has 3 amide bonds. The summed E-state index contributed by atoms with van der Waals surface area (Å²) in [5.41, 5.74) is -0.924. The van der Waals surface area contributed by atoms with Crippen molar-refractivity contribution in [1.82, 2.24) is 15.1 Å². The number of rotatable bonds is 5. The van der Waals surface area contributed by atoms with Gasteiger partial charge < -0.3 is 25.0 Å². The summed E-state index contributed by atoms with van der Waals surface area (Å²) in [5, 5.41) is 11.4. The van der Waals surface area contributed by atoms with E-state index in [1.165, 1.54) is 12.0 Å². The molecule has 0 saturated carbocycles. The molecule has 1 aliphatic rings. The van der Waals surface area contributed by atoms with E-state index in [0.29, 0.717) is 13.1 Å². The molecular weight excluding hydrogens is 278 g/mol. The number of methoxy groups -OCH3 is 1. The van der Waals surface area contributed by atoms with Gasteiger partial charge in [-0.25, -0.2) is 4.79 Å². The van der Waals surface area contributed by atoms with Crippen LogP contribution in [0.1, 0.15) is 20.3 Å². The summed E-state index contributed by atoms with van der Waals surface area (Å²) >= 11 is 0. The zero-order valence-electron chi connectivity index (χ0n) is 12.9. The molecule has 0 radical (unpaired) electrons. The summed E-state index contributed by atoms with van der Waals surface area (Å²) in [4.78, 5) is 38.0. The number of hydrogen-bond donors (Lipinski definition) is 2. The maximum absolute atomic E-state index is 12.2. The monoisotopic (exact) mass is 301 g/mol. The van der Waals surface area contributed by atoms with Crippen LogP contribution in [0.4, 0.5) is 4.79 Å². The first-order valence-electron chi connectivity index (χ1n) is 6.75. The topological polar surface area (TPSA) is 99.2 Å². The van der Waals surface area contributed by atoms with Gasteiger partial charge in [0.1, 0.15) is 5.54 Å². The molecule has 21 heavy (non-hydrogen) atoms. The fourth-order valence-corrected chi connectivity index (χ4v) is 2.30. The number of ether oxygens (including phenoxy) is 1. The third-order valence-electron chi connectivity index (χ3n) is 3.67. The Morgan fingerprint density at radius 3 is 2.57 bits per heavy atom. The fourth-order valence-electron chi connectivity index (χ4n) is 2.30. The normalized spacial score (nSPS) is 19.3. The van der Waals surface area contributed by atoms with Crippen LogP contribution < -0.4 is 5.32 Å². The van der Waals surface area contributed by atoms with Gasteiger partial charge in [-0.05, 0) is 13.8 Å². The molecule has 0 aliphatic carbocycles. The Morgan fingerprint density at radius 1 is 1.43 bits per heavy atom.